The molecule has 2 N–H and O–H groups in total. The fourth-order valence-corrected chi connectivity index (χ4v) is 3.14. The van der Waals surface area contributed by atoms with Gasteiger partial charge in [0, 0.05) is 31.7 Å². The van der Waals surface area contributed by atoms with Crippen molar-refractivity contribution in [3.8, 4) is 0 Å². The third-order valence-electron chi connectivity index (χ3n) is 4.87. The predicted octanol–water partition coefficient (Wildman–Crippen LogP) is 3.41. The largest absolute Gasteiger partial charge is 0.393 e. The minimum absolute atomic E-state index is 0.111. The van der Waals surface area contributed by atoms with Crippen molar-refractivity contribution in [3.05, 3.63) is 29.8 Å². The summed E-state index contributed by atoms with van der Waals surface area (Å²) in [6.45, 7) is 6.93. The van der Waals surface area contributed by atoms with Crippen LogP contribution >= 0.6 is 0 Å². The zero-order valence-electron chi connectivity index (χ0n) is 14.4. The molecule has 1 saturated heterocycles. The molecular weight excluding hydrogens is 288 g/mol. The van der Waals surface area contributed by atoms with Crippen molar-refractivity contribution in [1.82, 2.24) is 4.90 Å². The summed E-state index contributed by atoms with van der Waals surface area (Å²) in [5.74, 6) is 0.575. The Hall–Kier alpha value is -1.39. The molecule has 1 amide bonds. The maximum atomic E-state index is 12.3. The van der Waals surface area contributed by atoms with E-state index in [4.69, 9.17) is 0 Å². The number of nitrogens with one attached hydrogen (secondary N) is 1. The first-order valence-electron chi connectivity index (χ1n) is 8.90. The Bertz CT molecular complexity index is 492. The molecule has 1 fully saturated rings. The first-order chi connectivity index (χ1) is 11.1. The van der Waals surface area contributed by atoms with Gasteiger partial charge in [0.25, 0.3) is 0 Å². The molecule has 0 radical (unpaired) electrons. The van der Waals surface area contributed by atoms with Crippen LogP contribution in [0.1, 0.15) is 51.5 Å². The molecule has 1 heterocycles. The van der Waals surface area contributed by atoms with E-state index in [0.29, 0.717) is 12.3 Å². The number of aliphatic hydroxyl groups is 1. The summed E-state index contributed by atoms with van der Waals surface area (Å²) in [5.41, 5.74) is 2.08. The number of anilines is 1. The minimum atomic E-state index is -0.152. The van der Waals surface area contributed by atoms with Crippen molar-refractivity contribution < 1.29 is 9.90 Å². The van der Waals surface area contributed by atoms with E-state index in [2.05, 4.69) is 30.1 Å². The van der Waals surface area contributed by atoms with E-state index >= 15 is 0 Å². The number of amides is 1. The summed E-state index contributed by atoms with van der Waals surface area (Å²) < 4.78 is 0. The van der Waals surface area contributed by atoms with Gasteiger partial charge < -0.3 is 10.4 Å². The number of hydrogen-bond donors (Lipinski definition) is 2. The van der Waals surface area contributed by atoms with Gasteiger partial charge in [-0.3, -0.25) is 9.69 Å². The average molecular weight is 318 g/mol. The number of rotatable bonds is 7. The summed E-state index contributed by atoms with van der Waals surface area (Å²) in [6, 6.07) is 8.05. The van der Waals surface area contributed by atoms with Gasteiger partial charge in [-0.1, -0.05) is 44.9 Å². The van der Waals surface area contributed by atoms with Crippen LogP contribution < -0.4 is 5.32 Å². The van der Waals surface area contributed by atoms with Crippen LogP contribution in [0.5, 0.6) is 0 Å². The first-order valence-corrected chi connectivity index (χ1v) is 8.90. The molecule has 0 bridgehead atoms. The maximum Gasteiger partial charge on any atom is 0.224 e. The quantitative estimate of drug-likeness (QED) is 0.810. The van der Waals surface area contributed by atoms with Gasteiger partial charge in [-0.15, -0.1) is 0 Å². The minimum Gasteiger partial charge on any atom is -0.393 e. The second kappa shape index (κ2) is 9.04. The number of para-hydroxylation sites is 1. The highest BCUT2D eigenvalue weighted by Crippen LogP contribution is 2.21. The van der Waals surface area contributed by atoms with Crippen LogP contribution in [-0.4, -0.2) is 35.1 Å². The Morgan fingerprint density at radius 3 is 2.57 bits per heavy atom. The fourth-order valence-electron chi connectivity index (χ4n) is 3.14. The van der Waals surface area contributed by atoms with Crippen molar-refractivity contribution in [2.24, 2.45) is 5.92 Å². The molecule has 2 rings (SSSR count). The summed E-state index contributed by atoms with van der Waals surface area (Å²) in [6.07, 6.45) is 4.20. The molecule has 128 valence electrons. The third kappa shape index (κ3) is 5.63. The number of carbonyl (C=O) groups is 1. The molecule has 1 aliphatic rings. The first kappa shape index (κ1) is 18.0. The van der Waals surface area contributed by atoms with Crippen molar-refractivity contribution in [2.75, 3.05) is 18.4 Å². The van der Waals surface area contributed by atoms with E-state index < -0.39 is 0 Å². The molecule has 0 aromatic heterocycles. The molecule has 23 heavy (non-hydrogen) atoms. The Kier molecular flexibility index (Phi) is 7.06. The van der Waals surface area contributed by atoms with Gasteiger partial charge in [0.15, 0.2) is 0 Å². The Morgan fingerprint density at radius 1 is 1.26 bits per heavy atom. The van der Waals surface area contributed by atoms with Gasteiger partial charge >= 0.3 is 0 Å². The smallest absolute Gasteiger partial charge is 0.224 e. The van der Waals surface area contributed by atoms with Gasteiger partial charge in [-0.2, -0.15) is 0 Å². The molecule has 1 aliphatic heterocycles. The zero-order valence-corrected chi connectivity index (χ0v) is 14.4. The second-order valence-corrected chi connectivity index (χ2v) is 6.60. The number of aliphatic hydroxyl groups excluding tert-OH is 1. The van der Waals surface area contributed by atoms with E-state index in [0.717, 1.165) is 56.6 Å². The van der Waals surface area contributed by atoms with Crippen LogP contribution in [0, 0.1) is 5.92 Å². The molecule has 0 spiro atoms. The van der Waals surface area contributed by atoms with Gasteiger partial charge in [-0.05, 0) is 30.4 Å². The predicted molar refractivity (Wildman–Crippen MR) is 94.3 cm³/mol. The molecule has 4 nitrogen and oxygen atoms in total. The van der Waals surface area contributed by atoms with Crippen molar-refractivity contribution >= 4 is 11.6 Å². The lowest BCUT2D eigenvalue weighted by atomic mass is 9.99. The highest BCUT2D eigenvalue weighted by atomic mass is 16.3. The van der Waals surface area contributed by atoms with Crippen LogP contribution in [0.25, 0.3) is 0 Å². The fraction of sp³-hybridized carbons (Fsp3) is 0.632. The number of benzene rings is 1. The van der Waals surface area contributed by atoms with Gasteiger partial charge in [0.2, 0.25) is 5.91 Å². The standard InChI is InChI=1S/C19H30N2O2/c1-3-15(4-2)13-19(23)20-18-8-6-5-7-16(18)14-21-11-9-17(22)10-12-21/h5-8,15,17,22H,3-4,9-14H2,1-2H3,(H,20,23). The topological polar surface area (TPSA) is 52.6 Å². The molecule has 4 heteroatoms. The van der Waals surface area contributed by atoms with Crippen molar-refractivity contribution in [1.29, 1.82) is 0 Å². The highest BCUT2D eigenvalue weighted by molar-refractivity contribution is 5.91. The van der Waals surface area contributed by atoms with E-state index in [1.807, 2.05) is 18.2 Å². The van der Waals surface area contributed by atoms with E-state index in [1.165, 1.54) is 0 Å². The number of carbonyl (C=O) groups excluding carboxylic acids is 1. The Balaban J connectivity index is 1.95. The summed E-state index contributed by atoms with van der Waals surface area (Å²) in [4.78, 5) is 14.6. The lowest BCUT2D eigenvalue weighted by molar-refractivity contribution is -0.117. The normalized spacial score (nSPS) is 16.7. The van der Waals surface area contributed by atoms with Crippen molar-refractivity contribution in [3.63, 3.8) is 0 Å². The highest BCUT2D eigenvalue weighted by Gasteiger charge is 2.18. The third-order valence-corrected chi connectivity index (χ3v) is 4.87. The number of piperidine rings is 1. The summed E-state index contributed by atoms with van der Waals surface area (Å²) in [5, 5.41) is 12.7. The van der Waals surface area contributed by atoms with Gasteiger partial charge in [0.05, 0.1) is 6.10 Å². The summed E-state index contributed by atoms with van der Waals surface area (Å²) >= 11 is 0. The molecule has 0 saturated carbocycles. The monoisotopic (exact) mass is 318 g/mol. The van der Waals surface area contributed by atoms with Crippen LogP contribution in [0.2, 0.25) is 0 Å². The maximum absolute atomic E-state index is 12.3. The van der Waals surface area contributed by atoms with Crippen LogP contribution in [0.3, 0.4) is 0 Å². The second-order valence-electron chi connectivity index (χ2n) is 6.60. The number of likely N-dealkylation sites (tertiary alicyclic amines) is 1. The van der Waals surface area contributed by atoms with Crippen LogP contribution in [-0.2, 0) is 11.3 Å². The summed E-state index contributed by atoms with van der Waals surface area (Å²) in [7, 11) is 0. The molecule has 1 aromatic rings. The van der Waals surface area contributed by atoms with E-state index in [1.54, 1.807) is 0 Å². The molecule has 0 unspecified atom stereocenters. The van der Waals surface area contributed by atoms with Crippen LogP contribution in [0.15, 0.2) is 24.3 Å². The zero-order chi connectivity index (χ0) is 16.7. The van der Waals surface area contributed by atoms with Crippen molar-refractivity contribution in [2.45, 2.75) is 58.6 Å². The van der Waals surface area contributed by atoms with Gasteiger partial charge in [0.1, 0.15) is 0 Å². The Morgan fingerprint density at radius 2 is 1.91 bits per heavy atom. The molecule has 0 atom stereocenters. The van der Waals surface area contributed by atoms with Crippen LogP contribution in [0.4, 0.5) is 5.69 Å². The average Bonchev–Trinajstić information content (AvgIpc) is 2.56. The number of hydrogen-bond acceptors (Lipinski definition) is 3. The van der Waals surface area contributed by atoms with Gasteiger partial charge in [-0.25, -0.2) is 0 Å². The van der Waals surface area contributed by atoms with E-state index in [9.17, 15) is 9.90 Å². The molecular formula is C19H30N2O2. The lowest BCUT2D eigenvalue weighted by Crippen LogP contribution is -2.35. The Labute approximate surface area is 139 Å². The molecule has 0 aliphatic carbocycles. The molecule has 1 aromatic carbocycles. The number of nitrogens with zero attached hydrogens (tertiary/aromatic N) is 1. The SMILES string of the molecule is CCC(CC)CC(=O)Nc1ccccc1CN1CCC(O)CC1. The lowest BCUT2D eigenvalue weighted by Gasteiger charge is -2.30. The van der Waals surface area contributed by atoms with E-state index in [-0.39, 0.29) is 12.0 Å².